The molecule has 126 valence electrons. The monoisotopic (exact) mass is 351 g/mol. The molecule has 0 radical (unpaired) electrons. The van der Waals surface area contributed by atoms with E-state index in [2.05, 4.69) is 20.4 Å². The second-order valence-electron chi connectivity index (χ2n) is 5.61. The molecule has 3 aromatic heterocycles. The van der Waals surface area contributed by atoms with Crippen LogP contribution in [0.5, 0.6) is 0 Å². The van der Waals surface area contributed by atoms with Crippen molar-refractivity contribution >= 4 is 21.4 Å². The topological polar surface area (TPSA) is 75.3 Å². The number of aliphatic hydroxyl groups is 1. The highest BCUT2D eigenvalue weighted by Crippen LogP contribution is 2.26. The molecule has 0 saturated carbocycles. The number of rotatable bonds is 6. The number of hydrogen-bond donors (Lipinski definition) is 2. The lowest BCUT2D eigenvalue weighted by Gasteiger charge is -2.03. The van der Waals surface area contributed by atoms with E-state index >= 15 is 0 Å². The Kier molecular flexibility index (Phi) is 4.41. The van der Waals surface area contributed by atoms with Crippen molar-refractivity contribution in [3.8, 4) is 11.3 Å². The fraction of sp³-hybridized carbons (Fsp3) is 0.167. The predicted octanol–water partition coefficient (Wildman–Crippen LogP) is 3.00. The number of anilines is 1. The number of hydrogen-bond acceptors (Lipinski definition) is 6. The Morgan fingerprint density at radius 2 is 1.96 bits per heavy atom. The highest BCUT2D eigenvalue weighted by Gasteiger charge is 2.11. The van der Waals surface area contributed by atoms with Gasteiger partial charge >= 0.3 is 0 Å². The van der Waals surface area contributed by atoms with Crippen LogP contribution in [-0.4, -0.2) is 31.2 Å². The van der Waals surface area contributed by atoms with Crippen molar-refractivity contribution in [1.82, 2.24) is 19.6 Å². The smallest absolute Gasteiger partial charge is 0.214 e. The zero-order valence-corrected chi connectivity index (χ0v) is 14.3. The lowest BCUT2D eigenvalue weighted by atomic mass is 10.1. The van der Waals surface area contributed by atoms with E-state index in [1.807, 2.05) is 42.6 Å². The van der Waals surface area contributed by atoms with Crippen molar-refractivity contribution in [3.05, 3.63) is 66.1 Å². The minimum Gasteiger partial charge on any atom is -0.392 e. The van der Waals surface area contributed by atoms with E-state index < -0.39 is 0 Å². The third-order valence-corrected chi connectivity index (χ3v) is 4.83. The van der Waals surface area contributed by atoms with Crippen molar-refractivity contribution in [2.45, 2.75) is 13.0 Å². The second kappa shape index (κ2) is 7.00. The number of aromatic nitrogens is 4. The Bertz CT molecular complexity index is 948. The Morgan fingerprint density at radius 1 is 1.12 bits per heavy atom. The molecule has 3 heterocycles. The Hall–Kier alpha value is -2.77. The van der Waals surface area contributed by atoms with E-state index in [1.165, 1.54) is 16.9 Å². The van der Waals surface area contributed by atoms with Crippen LogP contribution in [0.15, 0.2) is 55.0 Å². The third-order valence-electron chi connectivity index (χ3n) is 3.95. The highest BCUT2D eigenvalue weighted by atomic mass is 32.1. The number of nitrogens with zero attached hydrogens (tertiary/aromatic N) is 4. The van der Waals surface area contributed by atoms with Crippen LogP contribution in [0.1, 0.15) is 11.1 Å². The Labute approximate surface area is 148 Å². The molecule has 0 aliphatic rings. The van der Waals surface area contributed by atoms with Gasteiger partial charge in [-0.3, -0.25) is 4.98 Å². The van der Waals surface area contributed by atoms with Crippen LogP contribution in [0.4, 0.5) is 5.13 Å². The van der Waals surface area contributed by atoms with Crippen LogP contribution >= 0.6 is 11.3 Å². The zero-order valence-electron chi connectivity index (χ0n) is 13.5. The first-order valence-corrected chi connectivity index (χ1v) is 8.83. The van der Waals surface area contributed by atoms with Gasteiger partial charge in [0.15, 0.2) is 0 Å². The molecule has 0 unspecified atom stereocenters. The first-order valence-electron chi connectivity index (χ1n) is 8.01. The molecule has 0 atom stereocenters. The Balaban J connectivity index is 1.48. The molecule has 6 nitrogen and oxygen atoms in total. The lowest BCUT2D eigenvalue weighted by molar-refractivity contribution is 0.282. The lowest BCUT2D eigenvalue weighted by Crippen LogP contribution is -2.04. The number of benzene rings is 1. The van der Waals surface area contributed by atoms with E-state index in [4.69, 9.17) is 0 Å². The van der Waals surface area contributed by atoms with E-state index in [-0.39, 0.29) is 6.61 Å². The second-order valence-corrected chi connectivity index (χ2v) is 6.56. The average Bonchev–Trinajstić information content (AvgIpc) is 3.21. The quantitative estimate of drug-likeness (QED) is 0.558. The number of nitrogens with one attached hydrogen (secondary N) is 1. The van der Waals surface area contributed by atoms with Gasteiger partial charge < -0.3 is 10.4 Å². The maximum absolute atomic E-state index is 9.48. The molecular weight excluding hydrogens is 334 g/mol. The molecule has 0 amide bonds. The summed E-state index contributed by atoms with van der Waals surface area (Å²) in [6.45, 7) is 0.803. The van der Waals surface area contributed by atoms with Gasteiger partial charge in [0.05, 0.1) is 18.5 Å². The van der Waals surface area contributed by atoms with Gasteiger partial charge in [-0.05, 0) is 29.7 Å². The number of pyridine rings is 1. The normalized spacial score (nSPS) is 11.1. The first-order chi connectivity index (χ1) is 12.3. The molecule has 0 spiro atoms. The largest absolute Gasteiger partial charge is 0.392 e. The summed E-state index contributed by atoms with van der Waals surface area (Å²) in [6, 6.07) is 11.8. The van der Waals surface area contributed by atoms with Gasteiger partial charge in [0.2, 0.25) is 10.1 Å². The summed E-state index contributed by atoms with van der Waals surface area (Å²) in [5.74, 6) is 0. The van der Waals surface area contributed by atoms with Gasteiger partial charge in [-0.1, -0.05) is 35.6 Å². The molecule has 7 heteroatoms. The molecule has 4 aromatic rings. The van der Waals surface area contributed by atoms with Gasteiger partial charge in [0.25, 0.3) is 0 Å². The summed E-state index contributed by atoms with van der Waals surface area (Å²) in [4.78, 5) is 9.49. The summed E-state index contributed by atoms with van der Waals surface area (Å²) >= 11 is 1.52. The van der Waals surface area contributed by atoms with Crippen LogP contribution in [-0.2, 0) is 13.0 Å². The van der Waals surface area contributed by atoms with Crippen LogP contribution in [0.3, 0.4) is 0 Å². The van der Waals surface area contributed by atoms with E-state index in [0.29, 0.717) is 0 Å². The summed E-state index contributed by atoms with van der Waals surface area (Å²) in [5.41, 5.74) is 3.87. The maximum atomic E-state index is 9.48. The van der Waals surface area contributed by atoms with Crippen molar-refractivity contribution < 1.29 is 5.11 Å². The summed E-state index contributed by atoms with van der Waals surface area (Å²) in [6.07, 6.45) is 6.42. The number of imidazole rings is 1. The Morgan fingerprint density at radius 3 is 2.76 bits per heavy atom. The predicted molar refractivity (Wildman–Crippen MR) is 98.7 cm³/mol. The molecule has 25 heavy (non-hydrogen) atoms. The standard InChI is InChI=1S/C18H17N5OS/c24-12-14-3-1-2-4-15(14)16-11-23-18(21-16)25-17(22-23)20-10-7-13-5-8-19-9-6-13/h1-6,8-9,11,24H,7,10,12H2,(H,20,22). The fourth-order valence-electron chi connectivity index (χ4n) is 2.67. The zero-order chi connectivity index (χ0) is 17.1. The minimum absolute atomic E-state index is 0.00338. The van der Waals surface area contributed by atoms with Crippen molar-refractivity contribution in [2.24, 2.45) is 0 Å². The molecule has 0 aliphatic heterocycles. The van der Waals surface area contributed by atoms with E-state index in [9.17, 15) is 5.11 Å². The molecule has 0 bridgehead atoms. The van der Waals surface area contributed by atoms with Crippen molar-refractivity contribution in [3.63, 3.8) is 0 Å². The molecule has 0 aliphatic carbocycles. The van der Waals surface area contributed by atoms with Gasteiger partial charge in [-0.2, -0.15) is 0 Å². The molecule has 0 saturated heterocycles. The minimum atomic E-state index is -0.00338. The molecule has 0 fully saturated rings. The summed E-state index contributed by atoms with van der Waals surface area (Å²) in [5, 5.41) is 18.2. The van der Waals surface area contributed by atoms with Gasteiger partial charge in [0.1, 0.15) is 0 Å². The van der Waals surface area contributed by atoms with Gasteiger partial charge in [-0.25, -0.2) is 9.50 Å². The number of fused-ring (bicyclic) bond motifs is 1. The van der Waals surface area contributed by atoms with Crippen molar-refractivity contribution in [2.75, 3.05) is 11.9 Å². The third kappa shape index (κ3) is 3.38. The van der Waals surface area contributed by atoms with Gasteiger partial charge in [0, 0.05) is 24.5 Å². The molecule has 4 rings (SSSR count). The van der Waals surface area contributed by atoms with Gasteiger partial charge in [-0.15, -0.1) is 5.10 Å². The summed E-state index contributed by atoms with van der Waals surface area (Å²) < 4.78 is 1.78. The highest BCUT2D eigenvalue weighted by molar-refractivity contribution is 7.20. The molecule has 2 N–H and O–H groups in total. The van der Waals surface area contributed by atoms with Crippen LogP contribution < -0.4 is 5.32 Å². The average molecular weight is 351 g/mol. The van der Waals surface area contributed by atoms with Crippen molar-refractivity contribution in [1.29, 1.82) is 0 Å². The summed E-state index contributed by atoms with van der Waals surface area (Å²) in [7, 11) is 0. The molecule has 1 aromatic carbocycles. The SMILES string of the molecule is OCc1ccccc1-c1cn2nc(NCCc3ccncc3)sc2n1. The molecular formula is C18H17N5OS. The fourth-order valence-corrected chi connectivity index (χ4v) is 3.48. The van der Waals surface area contributed by atoms with Crippen LogP contribution in [0, 0.1) is 0 Å². The van der Waals surface area contributed by atoms with E-state index in [1.54, 1.807) is 16.9 Å². The number of aliphatic hydroxyl groups excluding tert-OH is 1. The van der Waals surface area contributed by atoms with Crippen LogP contribution in [0.2, 0.25) is 0 Å². The first kappa shape index (κ1) is 15.7. The van der Waals surface area contributed by atoms with E-state index in [0.717, 1.165) is 39.9 Å². The maximum Gasteiger partial charge on any atom is 0.214 e. The van der Waals surface area contributed by atoms with Crippen LogP contribution in [0.25, 0.3) is 16.2 Å².